The van der Waals surface area contributed by atoms with Crippen LogP contribution in [0.5, 0.6) is 0 Å². The molecule has 0 amide bonds. The quantitative estimate of drug-likeness (QED) is 0.338. The second kappa shape index (κ2) is 4.85. The van der Waals surface area contributed by atoms with E-state index in [2.05, 4.69) is 4.74 Å². The highest BCUT2D eigenvalue weighted by atomic mass is 16.5. The van der Waals surface area contributed by atoms with Crippen LogP contribution in [0, 0.1) is 0 Å². The molecule has 10 heavy (non-hydrogen) atoms. The summed E-state index contributed by atoms with van der Waals surface area (Å²) in [6.45, 7) is 4.05. The Hall–Kier alpha value is -0.990. The summed E-state index contributed by atoms with van der Waals surface area (Å²) in [6, 6.07) is 0. The molecule has 0 radical (unpaired) electrons. The number of ether oxygens (including phenoxy) is 2. The lowest BCUT2D eigenvalue weighted by atomic mass is 10.3. The Bertz CT molecular complexity index is 138. The second-order valence-corrected chi connectivity index (χ2v) is 1.75. The Balaban J connectivity index is 3.80. The monoisotopic (exact) mass is 144 g/mol. The number of carbonyl (C=O) groups excluding carboxylic acids is 1. The van der Waals surface area contributed by atoms with E-state index < -0.39 is 0 Å². The Morgan fingerprint density at radius 2 is 2.20 bits per heavy atom. The molecule has 0 aliphatic carbocycles. The number of hydrogen-bond acceptors (Lipinski definition) is 3. The molecule has 0 atom stereocenters. The Labute approximate surface area is 60.6 Å². The normalized spacial score (nSPS) is 10.9. The third kappa shape index (κ3) is 3.12. The van der Waals surface area contributed by atoms with Crippen LogP contribution < -0.4 is 0 Å². The molecule has 0 aromatic rings. The van der Waals surface area contributed by atoms with E-state index in [1.165, 1.54) is 13.4 Å². The number of carbonyl (C=O) groups is 1. The third-order valence-corrected chi connectivity index (χ3v) is 0.934. The topological polar surface area (TPSA) is 35.5 Å². The molecule has 0 spiro atoms. The van der Waals surface area contributed by atoms with Crippen molar-refractivity contribution in [1.82, 2.24) is 0 Å². The van der Waals surface area contributed by atoms with Crippen molar-refractivity contribution >= 4 is 5.97 Å². The van der Waals surface area contributed by atoms with E-state index in [4.69, 9.17) is 4.74 Å². The molecule has 0 aromatic heterocycles. The van der Waals surface area contributed by atoms with Crippen molar-refractivity contribution in [3.05, 3.63) is 11.8 Å². The van der Waals surface area contributed by atoms with E-state index in [0.717, 1.165) is 0 Å². The molecule has 0 N–H and O–H groups in total. The minimum atomic E-state index is -0.353. The number of hydrogen-bond donors (Lipinski definition) is 0. The molecule has 0 fully saturated rings. The van der Waals surface area contributed by atoms with Crippen LogP contribution in [0.3, 0.4) is 0 Å². The van der Waals surface area contributed by atoms with Gasteiger partial charge in [0.05, 0.1) is 25.6 Å². The van der Waals surface area contributed by atoms with Gasteiger partial charge in [0.2, 0.25) is 0 Å². The first-order valence-corrected chi connectivity index (χ1v) is 3.09. The first-order valence-electron chi connectivity index (χ1n) is 3.09. The zero-order valence-electron chi connectivity index (χ0n) is 6.51. The standard InChI is InChI=1S/C7H12O3/c1-4-10-5-6(2)7(8)9-3/h5H,4H2,1-3H3/b6-5+. The van der Waals surface area contributed by atoms with Crippen LogP contribution in [0.1, 0.15) is 13.8 Å². The summed E-state index contributed by atoms with van der Waals surface area (Å²) in [4.78, 5) is 10.6. The fourth-order valence-electron chi connectivity index (χ4n) is 0.417. The van der Waals surface area contributed by atoms with E-state index in [1.54, 1.807) is 6.92 Å². The minimum Gasteiger partial charge on any atom is -0.501 e. The van der Waals surface area contributed by atoms with Gasteiger partial charge in [-0.3, -0.25) is 0 Å². The average molecular weight is 144 g/mol. The van der Waals surface area contributed by atoms with Crippen LogP contribution >= 0.6 is 0 Å². The SMILES string of the molecule is CCO/C=C(\C)C(=O)OC. The molecular weight excluding hydrogens is 132 g/mol. The summed E-state index contributed by atoms with van der Waals surface area (Å²) >= 11 is 0. The molecule has 0 heterocycles. The fraction of sp³-hybridized carbons (Fsp3) is 0.571. The van der Waals surface area contributed by atoms with Gasteiger partial charge < -0.3 is 9.47 Å². The molecule has 0 bridgehead atoms. The first kappa shape index (κ1) is 9.01. The van der Waals surface area contributed by atoms with Crippen LogP contribution in [-0.4, -0.2) is 19.7 Å². The van der Waals surface area contributed by atoms with Crippen molar-refractivity contribution in [3.63, 3.8) is 0 Å². The third-order valence-electron chi connectivity index (χ3n) is 0.934. The largest absolute Gasteiger partial charge is 0.501 e. The van der Waals surface area contributed by atoms with Crippen molar-refractivity contribution in [1.29, 1.82) is 0 Å². The van der Waals surface area contributed by atoms with Crippen molar-refractivity contribution < 1.29 is 14.3 Å². The van der Waals surface area contributed by atoms with Crippen molar-refractivity contribution in [2.24, 2.45) is 0 Å². The maximum absolute atomic E-state index is 10.6. The van der Waals surface area contributed by atoms with Crippen LogP contribution in [-0.2, 0) is 14.3 Å². The highest BCUT2D eigenvalue weighted by Gasteiger charge is 2.01. The lowest BCUT2D eigenvalue weighted by Gasteiger charge is -1.98. The number of methoxy groups -OCH3 is 1. The smallest absolute Gasteiger partial charge is 0.336 e. The van der Waals surface area contributed by atoms with Crippen molar-refractivity contribution in [2.45, 2.75) is 13.8 Å². The van der Waals surface area contributed by atoms with Gasteiger partial charge in [-0.2, -0.15) is 0 Å². The van der Waals surface area contributed by atoms with E-state index in [9.17, 15) is 4.79 Å². The van der Waals surface area contributed by atoms with Gasteiger partial charge in [0.15, 0.2) is 0 Å². The molecule has 3 nitrogen and oxygen atoms in total. The Morgan fingerprint density at radius 1 is 1.60 bits per heavy atom. The zero-order chi connectivity index (χ0) is 7.98. The highest BCUT2D eigenvalue weighted by molar-refractivity contribution is 5.87. The predicted molar refractivity (Wildman–Crippen MR) is 37.4 cm³/mol. The second-order valence-electron chi connectivity index (χ2n) is 1.75. The molecule has 0 unspecified atom stereocenters. The van der Waals surface area contributed by atoms with Crippen LogP contribution in [0.25, 0.3) is 0 Å². The van der Waals surface area contributed by atoms with E-state index in [0.29, 0.717) is 12.2 Å². The molecule has 0 rings (SSSR count). The van der Waals surface area contributed by atoms with Crippen molar-refractivity contribution in [3.8, 4) is 0 Å². The van der Waals surface area contributed by atoms with Crippen LogP contribution in [0.4, 0.5) is 0 Å². The summed E-state index contributed by atoms with van der Waals surface area (Å²) in [5, 5.41) is 0. The van der Waals surface area contributed by atoms with Gasteiger partial charge in [-0.1, -0.05) is 0 Å². The van der Waals surface area contributed by atoms with Gasteiger partial charge in [0, 0.05) is 0 Å². The van der Waals surface area contributed by atoms with E-state index >= 15 is 0 Å². The number of rotatable bonds is 3. The minimum absolute atomic E-state index is 0.353. The average Bonchev–Trinajstić information content (AvgIpc) is 1.98. The van der Waals surface area contributed by atoms with Crippen molar-refractivity contribution in [2.75, 3.05) is 13.7 Å². The van der Waals surface area contributed by atoms with Crippen LogP contribution in [0.2, 0.25) is 0 Å². The zero-order valence-corrected chi connectivity index (χ0v) is 6.51. The maximum Gasteiger partial charge on any atom is 0.336 e. The lowest BCUT2D eigenvalue weighted by Crippen LogP contribution is -2.01. The molecule has 0 saturated heterocycles. The fourth-order valence-corrected chi connectivity index (χ4v) is 0.417. The first-order chi connectivity index (χ1) is 4.72. The van der Waals surface area contributed by atoms with Gasteiger partial charge in [0.25, 0.3) is 0 Å². The molecule has 0 aliphatic heterocycles. The highest BCUT2D eigenvalue weighted by Crippen LogP contribution is 1.94. The Morgan fingerprint density at radius 3 is 2.60 bits per heavy atom. The molecular formula is C7H12O3. The summed E-state index contributed by atoms with van der Waals surface area (Å²) in [5.74, 6) is -0.353. The summed E-state index contributed by atoms with van der Waals surface area (Å²) < 4.78 is 9.28. The van der Waals surface area contributed by atoms with Gasteiger partial charge >= 0.3 is 5.97 Å². The summed E-state index contributed by atoms with van der Waals surface area (Å²) in [6.07, 6.45) is 1.39. The maximum atomic E-state index is 10.6. The summed E-state index contributed by atoms with van der Waals surface area (Å²) in [7, 11) is 1.34. The molecule has 58 valence electrons. The van der Waals surface area contributed by atoms with E-state index in [1.807, 2.05) is 6.92 Å². The molecule has 3 heteroatoms. The van der Waals surface area contributed by atoms with Crippen LogP contribution in [0.15, 0.2) is 11.8 Å². The van der Waals surface area contributed by atoms with E-state index in [-0.39, 0.29) is 5.97 Å². The molecule has 0 aromatic carbocycles. The number of esters is 1. The van der Waals surface area contributed by atoms with Gasteiger partial charge in [-0.05, 0) is 13.8 Å². The summed E-state index contributed by atoms with van der Waals surface area (Å²) in [5.41, 5.74) is 0.476. The lowest BCUT2D eigenvalue weighted by molar-refractivity contribution is -0.136. The Kier molecular flexibility index (Phi) is 4.37. The predicted octanol–water partition coefficient (Wildman–Crippen LogP) is 1.10. The van der Waals surface area contributed by atoms with Gasteiger partial charge in [0.1, 0.15) is 0 Å². The molecule has 0 aliphatic rings. The van der Waals surface area contributed by atoms with Gasteiger partial charge in [-0.25, -0.2) is 4.79 Å². The van der Waals surface area contributed by atoms with Gasteiger partial charge in [-0.15, -0.1) is 0 Å². The molecule has 0 saturated carbocycles.